The van der Waals surface area contributed by atoms with Crippen molar-refractivity contribution in [2.45, 2.75) is 12.5 Å². The summed E-state index contributed by atoms with van der Waals surface area (Å²) < 4.78 is 29.1. The average molecular weight is 353 g/mol. The molecule has 10 heteroatoms. The molecule has 0 radical (unpaired) electrons. The van der Waals surface area contributed by atoms with Crippen molar-refractivity contribution in [3.8, 4) is 0 Å². The van der Waals surface area contributed by atoms with Gasteiger partial charge in [-0.2, -0.15) is 0 Å². The van der Waals surface area contributed by atoms with E-state index in [1.165, 1.54) is 12.1 Å². The minimum atomic E-state index is -0.947. The van der Waals surface area contributed by atoms with E-state index in [0.29, 0.717) is 18.7 Å². The van der Waals surface area contributed by atoms with E-state index in [9.17, 15) is 13.8 Å². The number of nitrogens with zero attached hydrogens (tertiary/aromatic N) is 3. The number of hydroxylamine groups is 1. The normalized spacial score (nSPS) is 17.8. The average Bonchev–Trinajstić information content (AvgIpc) is 2.99. The molecule has 0 aliphatic heterocycles. The molecule has 1 aliphatic carbocycles. The fraction of sp³-hybridized carbons (Fsp3) is 0.357. The molecular weight excluding hydrogens is 337 g/mol. The van der Waals surface area contributed by atoms with Crippen LogP contribution in [0.5, 0.6) is 0 Å². The Morgan fingerprint density at radius 3 is 3.12 bits per heavy atom. The first kappa shape index (κ1) is 16.5. The van der Waals surface area contributed by atoms with E-state index in [-0.39, 0.29) is 29.2 Å². The fourth-order valence-corrected chi connectivity index (χ4v) is 2.83. The fourth-order valence-electron chi connectivity index (χ4n) is 2.44. The van der Waals surface area contributed by atoms with Crippen LogP contribution < -0.4 is 10.8 Å². The van der Waals surface area contributed by atoms with Gasteiger partial charge in [0.2, 0.25) is 5.82 Å². The smallest absolute Gasteiger partial charge is 0.202 e. The zero-order valence-electron chi connectivity index (χ0n) is 12.8. The van der Waals surface area contributed by atoms with Crippen molar-refractivity contribution < 1.29 is 18.4 Å². The molecule has 1 aliphatic rings. The second kappa shape index (κ2) is 7.05. The first-order valence-corrected chi connectivity index (χ1v) is 8.94. The molecule has 1 aromatic heterocycles. The van der Waals surface area contributed by atoms with E-state index < -0.39 is 10.8 Å². The number of aliphatic imine (C=N–C) groups is 1. The Balaban J connectivity index is 1.78. The largest absolute Gasteiger partial charge is 0.364 e. The summed E-state index contributed by atoms with van der Waals surface area (Å²) in [7, 11) is -0.947. The second-order valence-electron chi connectivity index (χ2n) is 5.32. The minimum absolute atomic E-state index is 0.0660. The summed E-state index contributed by atoms with van der Waals surface area (Å²) in [5, 5.41) is 19.7. The zero-order chi connectivity index (χ0) is 17.1. The van der Waals surface area contributed by atoms with Gasteiger partial charge in [-0.05, 0) is 40.0 Å². The number of hydrogen-bond acceptors (Lipinski definition) is 7. The van der Waals surface area contributed by atoms with Crippen LogP contribution in [0.1, 0.15) is 22.9 Å². The molecule has 24 heavy (non-hydrogen) atoms. The molecular formula is C14H16FN5O3S. The molecule has 1 heterocycles. The van der Waals surface area contributed by atoms with Gasteiger partial charge in [0.1, 0.15) is 5.82 Å². The summed E-state index contributed by atoms with van der Waals surface area (Å²) >= 11 is 0. The highest BCUT2D eigenvalue weighted by Gasteiger charge is 2.28. The molecule has 2 atom stereocenters. The van der Waals surface area contributed by atoms with Crippen LogP contribution in [0.2, 0.25) is 0 Å². The topological polar surface area (TPSA) is 113 Å². The summed E-state index contributed by atoms with van der Waals surface area (Å²) in [6.07, 6.45) is 2.24. The number of anilines is 1. The Morgan fingerprint density at radius 1 is 1.54 bits per heavy atom. The van der Waals surface area contributed by atoms with Gasteiger partial charge < -0.3 is 5.32 Å². The van der Waals surface area contributed by atoms with Crippen LogP contribution >= 0.6 is 0 Å². The van der Waals surface area contributed by atoms with Gasteiger partial charge in [-0.15, -0.1) is 0 Å². The van der Waals surface area contributed by atoms with Crippen molar-refractivity contribution in [2.24, 2.45) is 4.99 Å². The Kier molecular flexibility index (Phi) is 4.86. The molecule has 2 unspecified atom stereocenters. The van der Waals surface area contributed by atoms with Crippen LogP contribution in [-0.2, 0) is 17.2 Å². The molecule has 0 saturated heterocycles. The Labute approximate surface area is 139 Å². The Hall–Kier alpha value is -2.33. The van der Waals surface area contributed by atoms with Gasteiger partial charge in [0.15, 0.2) is 11.5 Å². The van der Waals surface area contributed by atoms with Gasteiger partial charge in [-0.3, -0.25) is 19.9 Å². The third-order valence-corrected chi connectivity index (χ3v) is 4.44. The molecule has 0 spiro atoms. The monoisotopic (exact) mass is 353 g/mol. The summed E-state index contributed by atoms with van der Waals surface area (Å²) in [6, 6.07) is 4.28. The van der Waals surface area contributed by atoms with Crippen LogP contribution in [0, 0.1) is 5.82 Å². The predicted molar refractivity (Wildman–Crippen MR) is 86.0 cm³/mol. The molecule has 1 aromatic carbocycles. The number of hydrogen-bond donors (Lipinski definition) is 3. The highest BCUT2D eigenvalue weighted by molar-refractivity contribution is 7.84. The highest BCUT2D eigenvalue weighted by Crippen LogP contribution is 2.36. The number of aromatic nitrogens is 2. The quantitative estimate of drug-likeness (QED) is 0.404. The maximum Gasteiger partial charge on any atom is 0.202 e. The van der Waals surface area contributed by atoms with Crippen LogP contribution in [-0.4, -0.2) is 44.1 Å². The SMILES string of the molecule is CS(=O)CCNc1nonc1C(=NC1Cc2ccc(F)cc21)NO. The van der Waals surface area contributed by atoms with E-state index in [0.717, 1.165) is 11.1 Å². The van der Waals surface area contributed by atoms with Crippen molar-refractivity contribution in [1.29, 1.82) is 0 Å². The maximum absolute atomic E-state index is 13.3. The molecule has 2 aromatic rings. The van der Waals surface area contributed by atoms with E-state index in [1.54, 1.807) is 12.3 Å². The van der Waals surface area contributed by atoms with Crippen molar-refractivity contribution >= 4 is 22.5 Å². The molecule has 0 saturated carbocycles. The van der Waals surface area contributed by atoms with Crippen molar-refractivity contribution in [3.05, 3.63) is 40.8 Å². The van der Waals surface area contributed by atoms with Gasteiger partial charge in [0.25, 0.3) is 0 Å². The number of fused-ring (bicyclic) bond motifs is 1. The van der Waals surface area contributed by atoms with E-state index >= 15 is 0 Å². The van der Waals surface area contributed by atoms with Crippen molar-refractivity contribution in [3.63, 3.8) is 0 Å². The number of rotatable bonds is 6. The molecule has 0 bridgehead atoms. The molecule has 3 N–H and O–H groups in total. The first-order valence-electron chi connectivity index (χ1n) is 7.21. The van der Waals surface area contributed by atoms with Crippen molar-refractivity contribution in [1.82, 2.24) is 15.8 Å². The summed E-state index contributed by atoms with van der Waals surface area (Å²) in [4.78, 5) is 4.36. The lowest BCUT2D eigenvalue weighted by molar-refractivity contribution is 0.232. The van der Waals surface area contributed by atoms with Crippen LogP contribution in [0.3, 0.4) is 0 Å². The maximum atomic E-state index is 13.3. The van der Waals surface area contributed by atoms with E-state index in [1.807, 2.05) is 5.48 Å². The first-order chi connectivity index (χ1) is 11.6. The van der Waals surface area contributed by atoms with Gasteiger partial charge in [-0.1, -0.05) is 6.07 Å². The highest BCUT2D eigenvalue weighted by atomic mass is 32.2. The number of benzene rings is 1. The molecule has 3 rings (SSSR count). The molecule has 8 nitrogen and oxygen atoms in total. The van der Waals surface area contributed by atoms with Gasteiger partial charge in [0, 0.05) is 29.4 Å². The molecule has 0 fully saturated rings. The predicted octanol–water partition coefficient (Wildman–Crippen LogP) is 1.02. The third-order valence-electron chi connectivity index (χ3n) is 3.67. The standard InChI is InChI=1S/C14H16FN5O3S/c1-24(22)5-4-16-13-12(19-23-20-13)14(18-21)17-11-6-8-2-3-9(15)7-10(8)11/h2-3,7,11,21H,4-6H2,1H3,(H,16,20)(H,17,18). The molecule has 0 amide bonds. The van der Waals surface area contributed by atoms with Gasteiger partial charge >= 0.3 is 0 Å². The lowest BCUT2D eigenvalue weighted by Crippen LogP contribution is -2.26. The Bertz CT molecular complexity index is 794. The van der Waals surface area contributed by atoms with Crippen LogP contribution in [0.4, 0.5) is 10.2 Å². The summed E-state index contributed by atoms with van der Waals surface area (Å²) in [5.41, 5.74) is 3.97. The molecule has 128 valence electrons. The van der Waals surface area contributed by atoms with E-state index in [2.05, 4.69) is 25.3 Å². The number of amidine groups is 1. The third kappa shape index (κ3) is 3.44. The second-order valence-corrected chi connectivity index (χ2v) is 6.87. The van der Waals surface area contributed by atoms with E-state index in [4.69, 9.17) is 0 Å². The summed E-state index contributed by atoms with van der Waals surface area (Å²) in [6.45, 7) is 0.403. The summed E-state index contributed by atoms with van der Waals surface area (Å²) in [5.74, 6) is 0.446. The zero-order valence-corrected chi connectivity index (χ0v) is 13.6. The van der Waals surface area contributed by atoms with Gasteiger partial charge in [0.05, 0.1) is 6.04 Å². The van der Waals surface area contributed by atoms with Gasteiger partial charge in [-0.25, -0.2) is 9.02 Å². The van der Waals surface area contributed by atoms with Crippen LogP contribution in [0.15, 0.2) is 27.8 Å². The Morgan fingerprint density at radius 2 is 2.38 bits per heavy atom. The number of halogens is 1. The number of nitrogens with one attached hydrogen (secondary N) is 2. The lowest BCUT2D eigenvalue weighted by atomic mass is 9.83. The minimum Gasteiger partial charge on any atom is -0.364 e. The van der Waals surface area contributed by atoms with Crippen LogP contribution in [0.25, 0.3) is 0 Å². The lowest BCUT2D eigenvalue weighted by Gasteiger charge is -2.27. The van der Waals surface area contributed by atoms with Crippen molar-refractivity contribution in [2.75, 3.05) is 23.9 Å².